The maximum Gasteiger partial charge on any atom is 0.264 e. The number of hydrogen-bond donors (Lipinski definition) is 1. The van der Waals surface area contributed by atoms with Crippen LogP contribution in [-0.2, 0) is 4.79 Å². The maximum atomic E-state index is 12.4. The van der Waals surface area contributed by atoms with E-state index in [1.807, 2.05) is 50.3 Å². The molecule has 0 radical (unpaired) electrons. The van der Waals surface area contributed by atoms with Gasteiger partial charge in [-0.2, -0.15) is 0 Å². The number of rotatable bonds is 5. The summed E-state index contributed by atoms with van der Waals surface area (Å²) >= 11 is 4.82. The Morgan fingerprint density at radius 3 is 2.78 bits per heavy atom. The van der Waals surface area contributed by atoms with E-state index in [-0.39, 0.29) is 5.91 Å². The highest BCUT2D eigenvalue weighted by Crippen LogP contribution is 2.32. The topological polar surface area (TPSA) is 50.7 Å². The number of carbonyl (C=O) groups excluding carboxylic acids is 1. The minimum atomic E-state index is -0.148. The van der Waals surface area contributed by atoms with Crippen molar-refractivity contribution in [2.75, 3.05) is 6.61 Å². The number of thioether (sulfide) groups is 1. The van der Waals surface area contributed by atoms with Crippen molar-refractivity contribution in [1.82, 2.24) is 5.32 Å². The lowest BCUT2D eigenvalue weighted by atomic mass is 10.1. The summed E-state index contributed by atoms with van der Waals surface area (Å²) in [6, 6.07) is 11.9. The second-order valence-electron chi connectivity index (χ2n) is 6.30. The van der Waals surface area contributed by atoms with Gasteiger partial charge in [0.2, 0.25) is 0 Å². The second-order valence-corrected chi connectivity index (χ2v) is 8.25. The van der Waals surface area contributed by atoms with E-state index in [2.05, 4.69) is 39.2 Å². The van der Waals surface area contributed by atoms with Gasteiger partial charge in [0.05, 0.1) is 17.2 Å². The Labute approximate surface area is 172 Å². The van der Waals surface area contributed by atoms with Crippen LogP contribution in [0, 0.1) is 13.8 Å². The van der Waals surface area contributed by atoms with Gasteiger partial charge in [0.1, 0.15) is 5.75 Å². The fourth-order valence-electron chi connectivity index (χ4n) is 2.64. The van der Waals surface area contributed by atoms with Crippen LogP contribution in [0.3, 0.4) is 0 Å². The van der Waals surface area contributed by atoms with Gasteiger partial charge in [0.15, 0.2) is 5.17 Å². The molecule has 0 aliphatic carbocycles. The molecule has 1 N–H and O–H groups in total. The molecule has 1 saturated heterocycles. The molecule has 4 nitrogen and oxygen atoms in total. The molecule has 1 fully saturated rings. The van der Waals surface area contributed by atoms with Gasteiger partial charge < -0.3 is 10.1 Å². The zero-order chi connectivity index (χ0) is 19.4. The molecule has 0 unspecified atom stereocenters. The lowest BCUT2D eigenvalue weighted by Crippen LogP contribution is -2.19. The second kappa shape index (κ2) is 8.76. The fourth-order valence-corrected chi connectivity index (χ4v) is 3.84. The number of halogens is 1. The molecule has 0 spiro atoms. The van der Waals surface area contributed by atoms with E-state index < -0.39 is 0 Å². The zero-order valence-electron chi connectivity index (χ0n) is 15.5. The molecule has 2 aromatic carbocycles. The Morgan fingerprint density at radius 2 is 2.04 bits per heavy atom. The quantitative estimate of drug-likeness (QED) is 0.597. The van der Waals surface area contributed by atoms with Crippen LogP contribution in [0.1, 0.15) is 30.0 Å². The molecular formula is C21H21BrN2O2S. The van der Waals surface area contributed by atoms with Gasteiger partial charge in [-0.1, -0.05) is 40.5 Å². The Balaban J connectivity index is 1.87. The van der Waals surface area contributed by atoms with Crippen molar-refractivity contribution in [2.45, 2.75) is 27.2 Å². The van der Waals surface area contributed by atoms with Crippen molar-refractivity contribution < 1.29 is 9.53 Å². The first-order valence-electron chi connectivity index (χ1n) is 8.75. The number of nitrogens with one attached hydrogen (secondary N) is 1. The van der Waals surface area contributed by atoms with Gasteiger partial charge in [-0.05, 0) is 67.9 Å². The molecule has 27 heavy (non-hydrogen) atoms. The van der Waals surface area contributed by atoms with Crippen LogP contribution in [0.25, 0.3) is 6.08 Å². The average molecular weight is 445 g/mol. The molecule has 0 bridgehead atoms. The third-order valence-corrected chi connectivity index (χ3v) is 5.35. The summed E-state index contributed by atoms with van der Waals surface area (Å²) < 4.78 is 6.74. The first kappa shape index (κ1) is 19.7. The van der Waals surface area contributed by atoms with E-state index in [0.29, 0.717) is 16.7 Å². The first-order valence-corrected chi connectivity index (χ1v) is 10.4. The standard InChI is InChI=1S/C21H21BrN2O2S/c1-4-9-26-18-8-6-16(22)11-15(18)12-19-20(25)24-21(27-19)23-17-7-5-13(2)10-14(17)3/h5-8,10-12H,4,9H2,1-3H3,(H,23,24,25)/b19-12-. The van der Waals surface area contributed by atoms with Crippen LogP contribution in [0.4, 0.5) is 5.69 Å². The lowest BCUT2D eigenvalue weighted by molar-refractivity contribution is -0.115. The number of aliphatic imine (C=N–C) groups is 1. The summed E-state index contributed by atoms with van der Waals surface area (Å²) in [5, 5.41) is 3.43. The largest absolute Gasteiger partial charge is 0.493 e. The molecule has 1 aliphatic rings. The highest BCUT2D eigenvalue weighted by Gasteiger charge is 2.24. The van der Waals surface area contributed by atoms with Crippen LogP contribution in [0.5, 0.6) is 5.75 Å². The van der Waals surface area contributed by atoms with E-state index >= 15 is 0 Å². The van der Waals surface area contributed by atoms with Gasteiger partial charge in [-0.3, -0.25) is 4.79 Å². The number of amidine groups is 1. The minimum Gasteiger partial charge on any atom is -0.493 e. The normalized spacial score (nSPS) is 16.8. The molecule has 1 amide bonds. The molecule has 1 heterocycles. The third-order valence-electron chi connectivity index (χ3n) is 3.95. The molecular weight excluding hydrogens is 424 g/mol. The summed E-state index contributed by atoms with van der Waals surface area (Å²) in [4.78, 5) is 17.6. The highest BCUT2D eigenvalue weighted by molar-refractivity contribution is 9.10. The molecule has 2 aromatic rings. The molecule has 140 valence electrons. The molecule has 0 atom stereocenters. The third kappa shape index (κ3) is 5.02. The molecule has 0 aromatic heterocycles. The van der Waals surface area contributed by atoms with E-state index in [1.165, 1.54) is 17.3 Å². The zero-order valence-corrected chi connectivity index (χ0v) is 17.9. The van der Waals surface area contributed by atoms with Crippen molar-refractivity contribution in [1.29, 1.82) is 0 Å². The lowest BCUT2D eigenvalue weighted by Gasteiger charge is -2.09. The van der Waals surface area contributed by atoms with Crippen LogP contribution >= 0.6 is 27.7 Å². The number of ether oxygens (including phenoxy) is 1. The predicted octanol–water partition coefficient (Wildman–Crippen LogP) is 5.75. The van der Waals surface area contributed by atoms with E-state index in [4.69, 9.17) is 4.74 Å². The first-order chi connectivity index (χ1) is 13.0. The van der Waals surface area contributed by atoms with Gasteiger partial charge in [-0.25, -0.2) is 4.99 Å². The van der Waals surface area contributed by atoms with Gasteiger partial charge in [0, 0.05) is 10.0 Å². The van der Waals surface area contributed by atoms with Crippen LogP contribution < -0.4 is 10.1 Å². The molecule has 6 heteroatoms. The van der Waals surface area contributed by atoms with Gasteiger partial charge in [-0.15, -0.1) is 0 Å². The number of amides is 1. The summed E-state index contributed by atoms with van der Waals surface area (Å²) in [7, 11) is 0. The number of benzene rings is 2. The number of hydrogen-bond acceptors (Lipinski definition) is 4. The molecule has 0 saturated carbocycles. The van der Waals surface area contributed by atoms with Crippen molar-refractivity contribution in [2.24, 2.45) is 4.99 Å². The minimum absolute atomic E-state index is 0.148. The van der Waals surface area contributed by atoms with E-state index in [0.717, 1.165) is 33.5 Å². The summed E-state index contributed by atoms with van der Waals surface area (Å²) in [6.07, 6.45) is 2.77. The Kier molecular flexibility index (Phi) is 6.39. The van der Waals surface area contributed by atoms with E-state index in [9.17, 15) is 4.79 Å². The molecule has 3 rings (SSSR count). The predicted molar refractivity (Wildman–Crippen MR) is 117 cm³/mol. The Morgan fingerprint density at radius 1 is 1.22 bits per heavy atom. The van der Waals surface area contributed by atoms with Crippen molar-refractivity contribution in [3.05, 3.63) is 62.5 Å². The monoisotopic (exact) mass is 444 g/mol. The van der Waals surface area contributed by atoms with Crippen LogP contribution in [0.15, 0.2) is 50.8 Å². The number of nitrogens with zero attached hydrogens (tertiary/aromatic N) is 1. The average Bonchev–Trinajstić information content (AvgIpc) is 2.96. The van der Waals surface area contributed by atoms with Crippen molar-refractivity contribution >= 4 is 50.5 Å². The highest BCUT2D eigenvalue weighted by atomic mass is 79.9. The summed E-state index contributed by atoms with van der Waals surface area (Å²) in [5.74, 6) is 0.616. The van der Waals surface area contributed by atoms with E-state index in [1.54, 1.807) is 0 Å². The van der Waals surface area contributed by atoms with Gasteiger partial charge >= 0.3 is 0 Å². The fraction of sp³-hybridized carbons (Fsp3) is 0.238. The van der Waals surface area contributed by atoms with Crippen LogP contribution in [0.2, 0.25) is 0 Å². The van der Waals surface area contributed by atoms with Crippen molar-refractivity contribution in [3.8, 4) is 5.75 Å². The maximum absolute atomic E-state index is 12.4. The SMILES string of the molecule is CCCOc1ccc(Br)cc1/C=C1\SC(=Nc2ccc(C)cc2C)NC1=O. The van der Waals surface area contributed by atoms with Crippen LogP contribution in [-0.4, -0.2) is 17.7 Å². The van der Waals surface area contributed by atoms with Crippen molar-refractivity contribution in [3.63, 3.8) is 0 Å². The molecule has 1 aliphatic heterocycles. The Hall–Kier alpha value is -2.05. The smallest absolute Gasteiger partial charge is 0.264 e. The Bertz CT molecular complexity index is 938. The number of aryl methyl sites for hydroxylation is 2. The van der Waals surface area contributed by atoms with Gasteiger partial charge in [0.25, 0.3) is 5.91 Å². The number of carbonyl (C=O) groups is 1. The summed E-state index contributed by atoms with van der Waals surface area (Å²) in [6.45, 7) is 6.76. The summed E-state index contributed by atoms with van der Waals surface area (Å²) in [5.41, 5.74) is 3.99.